The molecule has 0 saturated heterocycles. The molecule has 6 aromatic rings. The van der Waals surface area contributed by atoms with Crippen molar-refractivity contribution in [2.45, 2.75) is 19.3 Å². The summed E-state index contributed by atoms with van der Waals surface area (Å²) >= 11 is 0. The van der Waals surface area contributed by atoms with Gasteiger partial charge in [0.25, 0.3) is 0 Å². The lowest BCUT2D eigenvalue weighted by molar-refractivity contribution is 0.0601. The highest BCUT2D eigenvalue weighted by Gasteiger charge is 2.32. The standard InChI is InChI=1S/C31H32N16O4/c1-5-17(23-25(27(32)46(42-23)21-10-6-8-12-34-21)38-40-29-18(20(49)16-48)14-36-44(29)2)24-26(28(33)47(43-24)22-11-7-9-13-35-22)39-41-30-19(31(50)51-4)15-37-45(30)3/h6-15,17,48H,5,16,32-33H2,1-4H3. The van der Waals surface area contributed by atoms with Gasteiger partial charge in [-0.3, -0.25) is 4.79 Å². The first-order chi connectivity index (χ1) is 24.7. The van der Waals surface area contributed by atoms with Crippen LogP contribution < -0.4 is 11.5 Å². The van der Waals surface area contributed by atoms with Gasteiger partial charge in [-0.05, 0) is 30.7 Å². The van der Waals surface area contributed by atoms with Gasteiger partial charge in [-0.2, -0.15) is 29.8 Å². The van der Waals surface area contributed by atoms with Gasteiger partial charge < -0.3 is 21.3 Å². The van der Waals surface area contributed by atoms with Crippen molar-refractivity contribution in [1.82, 2.24) is 49.1 Å². The van der Waals surface area contributed by atoms with Gasteiger partial charge >= 0.3 is 5.97 Å². The Morgan fingerprint density at radius 2 is 1.29 bits per heavy atom. The van der Waals surface area contributed by atoms with Crippen molar-refractivity contribution in [3.05, 3.63) is 83.7 Å². The fraction of sp³-hybridized carbons (Fsp3) is 0.226. The van der Waals surface area contributed by atoms with E-state index in [-0.39, 0.29) is 45.8 Å². The number of hydrogen-bond donors (Lipinski definition) is 3. The first-order valence-electron chi connectivity index (χ1n) is 15.4. The molecular formula is C31H32N16O4. The minimum absolute atomic E-state index is 0.0686. The number of Topliss-reactive ketones (excluding diaryl/α,β-unsaturated/α-hetero) is 1. The highest BCUT2D eigenvalue weighted by atomic mass is 16.5. The number of anilines is 2. The monoisotopic (exact) mass is 692 g/mol. The van der Waals surface area contributed by atoms with E-state index in [9.17, 15) is 14.7 Å². The SMILES string of the molecule is CCC(c1nn(-c2ccccn2)c(N)c1N=Nc1c(C(=O)CO)cnn1C)c1nn(-c2ccccn2)c(N)c1N=Nc1c(C(=O)OC)cnn1C. The smallest absolute Gasteiger partial charge is 0.343 e. The highest BCUT2D eigenvalue weighted by molar-refractivity contribution is 6.00. The summed E-state index contributed by atoms with van der Waals surface area (Å²) < 4.78 is 10.4. The molecule has 6 heterocycles. The summed E-state index contributed by atoms with van der Waals surface area (Å²) in [5, 5.41) is 45.1. The van der Waals surface area contributed by atoms with Crippen molar-refractivity contribution in [3.8, 4) is 11.6 Å². The van der Waals surface area contributed by atoms with Crippen LogP contribution in [0, 0.1) is 0 Å². The minimum atomic E-state index is -0.741. The van der Waals surface area contributed by atoms with Gasteiger partial charge in [-0.15, -0.1) is 20.5 Å². The van der Waals surface area contributed by atoms with E-state index in [1.54, 1.807) is 62.9 Å². The van der Waals surface area contributed by atoms with Crippen molar-refractivity contribution in [2.24, 2.45) is 34.6 Å². The van der Waals surface area contributed by atoms with E-state index in [1.165, 1.54) is 38.2 Å². The third kappa shape index (κ3) is 6.33. The van der Waals surface area contributed by atoms with E-state index in [1.807, 2.05) is 6.92 Å². The fourth-order valence-electron chi connectivity index (χ4n) is 5.21. The quantitative estimate of drug-likeness (QED) is 0.0939. The number of hydrogen-bond acceptors (Lipinski definition) is 16. The van der Waals surface area contributed by atoms with Crippen LogP contribution in [0.4, 0.5) is 34.6 Å². The third-order valence-electron chi connectivity index (χ3n) is 7.80. The summed E-state index contributed by atoms with van der Waals surface area (Å²) in [4.78, 5) is 33.7. The number of aryl methyl sites for hydroxylation is 2. The van der Waals surface area contributed by atoms with Crippen molar-refractivity contribution in [3.63, 3.8) is 0 Å². The van der Waals surface area contributed by atoms with E-state index < -0.39 is 24.3 Å². The van der Waals surface area contributed by atoms with Crippen LogP contribution in [0.2, 0.25) is 0 Å². The average molecular weight is 693 g/mol. The van der Waals surface area contributed by atoms with Crippen molar-refractivity contribution in [2.75, 3.05) is 25.2 Å². The van der Waals surface area contributed by atoms with Gasteiger partial charge in [0, 0.05) is 26.5 Å². The number of nitrogens with zero attached hydrogens (tertiary/aromatic N) is 14. The number of methoxy groups -OCH3 is 1. The van der Waals surface area contributed by atoms with Crippen molar-refractivity contribution < 1.29 is 19.4 Å². The Morgan fingerprint density at radius 1 is 0.804 bits per heavy atom. The Hall–Kier alpha value is -6.96. The molecule has 6 rings (SSSR count). The van der Waals surface area contributed by atoms with Crippen molar-refractivity contribution in [1.29, 1.82) is 0 Å². The molecule has 0 amide bonds. The molecule has 260 valence electrons. The van der Waals surface area contributed by atoms with Gasteiger partial charge in [0.05, 0.1) is 31.0 Å². The second kappa shape index (κ2) is 14.3. The highest BCUT2D eigenvalue weighted by Crippen LogP contribution is 2.44. The lowest BCUT2D eigenvalue weighted by Crippen LogP contribution is -2.07. The molecule has 1 unspecified atom stereocenters. The molecule has 0 aliphatic rings. The summed E-state index contributed by atoms with van der Waals surface area (Å²) in [5.41, 5.74) is 14.5. The summed E-state index contributed by atoms with van der Waals surface area (Å²) in [7, 11) is 4.43. The number of carbonyl (C=O) groups excluding carboxylic acids is 2. The normalized spacial score (nSPS) is 12.3. The largest absolute Gasteiger partial charge is 0.465 e. The number of rotatable bonds is 12. The minimum Gasteiger partial charge on any atom is -0.465 e. The number of aromatic nitrogens is 10. The summed E-state index contributed by atoms with van der Waals surface area (Å²) in [6.07, 6.45) is 6.17. The first-order valence-corrected chi connectivity index (χ1v) is 15.4. The zero-order chi connectivity index (χ0) is 36.2. The molecule has 1 atom stereocenters. The predicted octanol–water partition coefficient (Wildman–Crippen LogP) is 3.81. The lowest BCUT2D eigenvalue weighted by atomic mass is 9.96. The molecule has 0 aliphatic carbocycles. The van der Waals surface area contributed by atoms with Crippen LogP contribution in [0.5, 0.6) is 0 Å². The van der Waals surface area contributed by atoms with E-state index in [2.05, 4.69) is 40.6 Å². The number of ether oxygens (including phenoxy) is 1. The zero-order valence-corrected chi connectivity index (χ0v) is 27.9. The molecule has 5 N–H and O–H groups in total. The molecule has 0 radical (unpaired) electrons. The molecule has 0 spiro atoms. The number of aliphatic hydroxyl groups excluding tert-OH is 1. The Labute approximate surface area is 289 Å². The second-order valence-corrected chi connectivity index (χ2v) is 10.9. The van der Waals surface area contributed by atoms with E-state index in [0.29, 0.717) is 29.4 Å². The first kappa shape index (κ1) is 33.9. The maximum absolute atomic E-state index is 12.4. The molecule has 20 nitrogen and oxygen atoms in total. The van der Waals surface area contributed by atoms with Crippen LogP contribution in [0.15, 0.2) is 81.6 Å². The number of nitrogens with two attached hydrogens (primary N) is 2. The molecule has 0 fully saturated rings. The molecule has 0 aliphatic heterocycles. The number of pyridine rings is 2. The fourth-order valence-corrected chi connectivity index (χ4v) is 5.21. The molecular weight excluding hydrogens is 660 g/mol. The molecule has 0 aromatic carbocycles. The molecule has 6 aromatic heterocycles. The van der Waals surface area contributed by atoms with E-state index >= 15 is 0 Å². The van der Waals surface area contributed by atoms with Gasteiger partial charge in [0.1, 0.15) is 23.6 Å². The molecule has 0 saturated carbocycles. The zero-order valence-electron chi connectivity index (χ0n) is 27.9. The van der Waals surface area contributed by atoms with Crippen LogP contribution in [0.3, 0.4) is 0 Å². The number of azo groups is 2. The van der Waals surface area contributed by atoms with Crippen LogP contribution in [0.1, 0.15) is 51.4 Å². The summed E-state index contributed by atoms with van der Waals surface area (Å²) in [6.45, 7) is 1.16. The topological polar surface area (TPSA) is 262 Å². The van der Waals surface area contributed by atoms with Gasteiger partial charge in [0.15, 0.2) is 52.1 Å². The molecule has 51 heavy (non-hydrogen) atoms. The van der Waals surface area contributed by atoms with Crippen LogP contribution in [0.25, 0.3) is 11.6 Å². The van der Waals surface area contributed by atoms with Gasteiger partial charge in [0.2, 0.25) is 0 Å². The van der Waals surface area contributed by atoms with Crippen LogP contribution >= 0.6 is 0 Å². The summed E-state index contributed by atoms with van der Waals surface area (Å²) in [6, 6.07) is 10.5. The van der Waals surface area contributed by atoms with Crippen molar-refractivity contribution >= 4 is 46.4 Å². The van der Waals surface area contributed by atoms with E-state index in [0.717, 1.165) is 0 Å². The average Bonchev–Trinajstić information content (AvgIpc) is 3.90. The van der Waals surface area contributed by atoms with Crippen LogP contribution in [-0.2, 0) is 18.8 Å². The number of aliphatic hydroxyl groups is 1. The molecule has 0 bridgehead atoms. The Balaban J connectivity index is 1.56. The Morgan fingerprint density at radius 3 is 1.73 bits per heavy atom. The third-order valence-corrected chi connectivity index (χ3v) is 7.80. The maximum atomic E-state index is 12.4. The number of nitrogen functional groups attached to an aromatic ring is 2. The lowest BCUT2D eigenvalue weighted by Gasteiger charge is -2.11. The maximum Gasteiger partial charge on any atom is 0.343 e. The van der Waals surface area contributed by atoms with E-state index in [4.69, 9.17) is 26.4 Å². The number of ketones is 1. The predicted molar refractivity (Wildman–Crippen MR) is 181 cm³/mol. The Kier molecular flexibility index (Phi) is 9.48. The van der Waals surface area contributed by atoms with Gasteiger partial charge in [-0.25, -0.2) is 24.1 Å². The Bertz CT molecular complexity index is 2110. The molecule has 20 heteroatoms. The van der Waals surface area contributed by atoms with Gasteiger partial charge in [-0.1, -0.05) is 19.1 Å². The summed E-state index contributed by atoms with van der Waals surface area (Å²) in [5.74, 6) is -0.741. The van der Waals surface area contributed by atoms with Crippen LogP contribution in [-0.4, -0.2) is 79.7 Å². The number of esters is 1. The number of carbonyl (C=O) groups is 2. The second-order valence-electron chi connectivity index (χ2n) is 10.9.